The third-order valence-electron chi connectivity index (χ3n) is 5.35. The number of hydrogen-bond acceptors (Lipinski definition) is 4. The van der Waals surface area contributed by atoms with Gasteiger partial charge in [0.05, 0.1) is 24.4 Å². The number of ether oxygens (including phenoxy) is 2. The highest BCUT2D eigenvalue weighted by Crippen LogP contribution is 2.57. The van der Waals surface area contributed by atoms with Crippen molar-refractivity contribution >= 4 is 0 Å². The zero-order chi connectivity index (χ0) is 12.9. The maximum Gasteiger partial charge on any atom is 0.0691 e. The zero-order valence-electron chi connectivity index (χ0n) is 11.2. The Balaban J connectivity index is 1.88. The minimum absolute atomic E-state index is 0.0867. The van der Waals surface area contributed by atoms with E-state index < -0.39 is 0 Å². The van der Waals surface area contributed by atoms with E-state index in [9.17, 15) is 10.2 Å². The van der Waals surface area contributed by atoms with Crippen LogP contribution in [0.3, 0.4) is 0 Å². The predicted octanol–water partition coefficient (Wildman–Crippen LogP) is 0.804. The van der Waals surface area contributed by atoms with E-state index in [1.165, 1.54) is 0 Å². The topological polar surface area (TPSA) is 58.9 Å². The Labute approximate surface area is 108 Å². The van der Waals surface area contributed by atoms with Gasteiger partial charge in [-0.3, -0.25) is 0 Å². The third kappa shape index (κ3) is 1.52. The molecule has 0 aliphatic carbocycles. The monoisotopic (exact) mass is 256 g/mol. The molecule has 18 heavy (non-hydrogen) atoms. The lowest BCUT2D eigenvalue weighted by molar-refractivity contribution is -0.0374. The molecule has 4 nitrogen and oxygen atoms in total. The van der Waals surface area contributed by atoms with Crippen molar-refractivity contribution in [1.29, 1.82) is 0 Å². The van der Waals surface area contributed by atoms with Crippen LogP contribution in [0, 0.1) is 23.7 Å². The summed E-state index contributed by atoms with van der Waals surface area (Å²) in [4.78, 5) is 0. The summed E-state index contributed by atoms with van der Waals surface area (Å²) in [5.74, 6) is 1.03. The summed E-state index contributed by atoms with van der Waals surface area (Å²) in [5, 5.41) is 19.1. The van der Waals surface area contributed by atoms with E-state index in [2.05, 4.69) is 13.8 Å². The van der Waals surface area contributed by atoms with Crippen LogP contribution in [0.1, 0.15) is 26.7 Å². The fourth-order valence-corrected chi connectivity index (χ4v) is 4.60. The van der Waals surface area contributed by atoms with Crippen molar-refractivity contribution in [3.8, 4) is 0 Å². The van der Waals surface area contributed by atoms with Gasteiger partial charge in [0.1, 0.15) is 0 Å². The molecule has 2 N–H and O–H groups in total. The molecule has 0 saturated carbocycles. The van der Waals surface area contributed by atoms with E-state index in [-0.39, 0.29) is 49.5 Å². The highest BCUT2D eigenvalue weighted by Gasteiger charge is 2.65. The maximum absolute atomic E-state index is 9.56. The second-order valence-corrected chi connectivity index (χ2v) is 5.94. The van der Waals surface area contributed by atoms with Gasteiger partial charge in [-0.25, -0.2) is 0 Å². The quantitative estimate of drug-likeness (QED) is 0.781. The maximum atomic E-state index is 9.56. The van der Waals surface area contributed by atoms with Gasteiger partial charge in [0, 0.05) is 36.9 Å². The Morgan fingerprint density at radius 1 is 0.778 bits per heavy atom. The highest BCUT2D eigenvalue weighted by atomic mass is 16.5. The van der Waals surface area contributed by atoms with Crippen LogP contribution in [0.25, 0.3) is 0 Å². The lowest BCUT2D eigenvalue weighted by Crippen LogP contribution is -2.45. The Kier molecular flexibility index (Phi) is 3.39. The van der Waals surface area contributed by atoms with Gasteiger partial charge in [-0.1, -0.05) is 13.8 Å². The second-order valence-electron chi connectivity index (χ2n) is 5.94. The molecule has 3 rings (SSSR count). The summed E-state index contributed by atoms with van der Waals surface area (Å²) >= 11 is 0. The minimum Gasteiger partial charge on any atom is -0.396 e. The molecule has 0 aromatic rings. The molecule has 0 aromatic carbocycles. The number of aliphatic hydroxyl groups is 2. The van der Waals surface area contributed by atoms with Gasteiger partial charge in [-0.2, -0.15) is 0 Å². The fourth-order valence-electron chi connectivity index (χ4n) is 4.60. The molecule has 3 aliphatic rings. The molecule has 3 fully saturated rings. The van der Waals surface area contributed by atoms with Crippen LogP contribution in [0.5, 0.6) is 0 Å². The van der Waals surface area contributed by atoms with E-state index in [0.717, 1.165) is 12.8 Å². The molecular formula is C14H24O4. The summed E-state index contributed by atoms with van der Waals surface area (Å²) in [6, 6.07) is 0. The van der Waals surface area contributed by atoms with Crippen molar-refractivity contribution in [1.82, 2.24) is 0 Å². The Morgan fingerprint density at radius 2 is 1.22 bits per heavy atom. The summed E-state index contributed by atoms with van der Waals surface area (Å²) in [7, 11) is 0. The predicted molar refractivity (Wildman–Crippen MR) is 66.0 cm³/mol. The molecule has 3 aliphatic heterocycles. The normalized spacial score (nSPS) is 54.0. The van der Waals surface area contributed by atoms with Gasteiger partial charge >= 0.3 is 0 Å². The Bertz CT molecular complexity index is 280. The van der Waals surface area contributed by atoms with Gasteiger partial charge < -0.3 is 19.7 Å². The van der Waals surface area contributed by atoms with Crippen molar-refractivity contribution < 1.29 is 19.7 Å². The molecule has 2 bridgehead atoms. The van der Waals surface area contributed by atoms with Crippen LogP contribution >= 0.6 is 0 Å². The van der Waals surface area contributed by atoms with E-state index in [4.69, 9.17) is 9.47 Å². The van der Waals surface area contributed by atoms with Crippen molar-refractivity contribution in [3.63, 3.8) is 0 Å². The van der Waals surface area contributed by atoms with Crippen LogP contribution in [0.4, 0.5) is 0 Å². The number of rotatable bonds is 4. The molecular weight excluding hydrogens is 232 g/mol. The molecule has 104 valence electrons. The first-order chi connectivity index (χ1) is 8.76. The molecule has 0 radical (unpaired) electrons. The lowest BCUT2D eigenvalue weighted by Gasteiger charge is -2.34. The largest absolute Gasteiger partial charge is 0.396 e. The van der Waals surface area contributed by atoms with Crippen molar-refractivity contribution in [2.24, 2.45) is 23.7 Å². The van der Waals surface area contributed by atoms with Crippen LogP contribution in [0.2, 0.25) is 0 Å². The van der Waals surface area contributed by atoms with Crippen molar-refractivity contribution in [2.45, 2.75) is 51.1 Å². The number of hydrogen-bond donors (Lipinski definition) is 2. The van der Waals surface area contributed by atoms with Crippen LogP contribution in [0.15, 0.2) is 0 Å². The fraction of sp³-hybridized carbons (Fsp3) is 1.00. The van der Waals surface area contributed by atoms with Gasteiger partial charge in [0.25, 0.3) is 0 Å². The molecule has 3 saturated heterocycles. The number of fused-ring (bicyclic) bond motifs is 5. The molecule has 0 spiro atoms. The molecule has 8 unspecified atom stereocenters. The summed E-state index contributed by atoms with van der Waals surface area (Å²) in [6.07, 6.45) is 2.72. The summed E-state index contributed by atoms with van der Waals surface area (Å²) in [6.45, 7) is 4.54. The van der Waals surface area contributed by atoms with E-state index in [1.54, 1.807) is 0 Å². The second kappa shape index (κ2) is 4.75. The van der Waals surface area contributed by atoms with E-state index in [1.807, 2.05) is 0 Å². The SMILES string of the molecule is CCC1OC(CC)C2C3OC(C(CO)C3CO)C12. The molecule has 8 atom stereocenters. The summed E-state index contributed by atoms with van der Waals surface area (Å²) in [5.41, 5.74) is 0. The third-order valence-corrected chi connectivity index (χ3v) is 5.35. The molecule has 0 amide bonds. The van der Waals surface area contributed by atoms with Gasteiger partial charge in [-0.05, 0) is 12.8 Å². The highest BCUT2D eigenvalue weighted by molar-refractivity contribution is 5.11. The molecule has 3 heterocycles. The van der Waals surface area contributed by atoms with Crippen molar-refractivity contribution in [2.75, 3.05) is 13.2 Å². The van der Waals surface area contributed by atoms with E-state index in [0.29, 0.717) is 11.8 Å². The van der Waals surface area contributed by atoms with Gasteiger partial charge in [-0.15, -0.1) is 0 Å². The van der Waals surface area contributed by atoms with Gasteiger partial charge in [0.2, 0.25) is 0 Å². The van der Waals surface area contributed by atoms with Gasteiger partial charge in [0.15, 0.2) is 0 Å². The van der Waals surface area contributed by atoms with E-state index >= 15 is 0 Å². The summed E-state index contributed by atoms with van der Waals surface area (Å²) < 4.78 is 12.3. The molecule has 0 aromatic heterocycles. The van der Waals surface area contributed by atoms with Crippen LogP contribution in [-0.4, -0.2) is 47.8 Å². The van der Waals surface area contributed by atoms with Crippen LogP contribution < -0.4 is 0 Å². The van der Waals surface area contributed by atoms with Crippen LogP contribution in [-0.2, 0) is 9.47 Å². The Morgan fingerprint density at radius 3 is 1.56 bits per heavy atom. The first-order valence-corrected chi connectivity index (χ1v) is 7.29. The average molecular weight is 256 g/mol. The average Bonchev–Trinajstić information content (AvgIpc) is 3.05. The zero-order valence-corrected chi connectivity index (χ0v) is 11.2. The Hall–Kier alpha value is -0.160. The first kappa shape index (κ1) is 12.9. The lowest BCUT2D eigenvalue weighted by atomic mass is 9.66. The standard InChI is InChI=1S/C14H24O4/c1-3-9-11-12(10(4-2)17-9)14-8(6-16)7(5-15)13(11)18-14/h7-16H,3-6H2,1-2H3. The number of aliphatic hydroxyl groups excluding tert-OH is 2. The molecule has 4 heteroatoms. The van der Waals surface area contributed by atoms with Crippen molar-refractivity contribution in [3.05, 3.63) is 0 Å². The first-order valence-electron chi connectivity index (χ1n) is 7.29. The smallest absolute Gasteiger partial charge is 0.0691 e. The minimum atomic E-state index is 0.0867.